The van der Waals surface area contributed by atoms with E-state index in [0.717, 1.165) is 35.5 Å². The highest BCUT2D eigenvalue weighted by Gasteiger charge is 2.34. The number of imide groups is 1. The lowest BCUT2D eigenvalue weighted by atomic mass is 10.1. The third-order valence-electron chi connectivity index (χ3n) is 4.94. The average Bonchev–Trinajstić information content (AvgIpc) is 3.06. The summed E-state index contributed by atoms with van der Waals surface area (Å²) in [7, 11) is 0. The lowest BCUT2D eigenvalue weighted by Crippen LogP contribution is -2.41. The molecule has 0 aliphatic carbocycles. The van der Waals surface area contributed by atoms with Gasteiger partial charge in [0.2, 0.25) is 5.91 Å². The first-order valence-corrected chi connectivity index (χ1v) is 10.5. The molecular weight excluding hydrogens is 449 g/mol. The van der Waals surface area contributed by atoms with Gasteiger partial charge in [-0.15, -0.1) is 0 Å². The van der Waals surface area contributed by atoms with Gasteiger partial charge in [-0.05, 0) is 42.3 Å². The zero-order valence-electron chi connectivity index (χ0n) is 16.5. The molecule has 0 spiro atoms. The SMILES string of the molecule is O=C1NC(=O)C(Cc2ccc(OCCN3COc4ccc(C(F)(F)F)cc4C3=O)cc2)S1. The van der Waals surface area contributed by atoms with E-state index in [1.54, 1.807) is 24.3 Å². The maximum Gasteiger partial charge on any atom is 0.416 e. The second-order valence-corrected chi connectivity index (χ2v) is 8.31. The minimum atomic E-state index is -4.55. The fraction of sp³-hybridized carbons (Fsp3) is 0.286. The zero-order chi connectivity index (χ0) is 22.9. The van der Waals surface area contributed by atoms with Crippen LogP contribution in [-0.4, -0.2) is 47.1 Å². The van der Waals surface area contributed by atoms with Crippen LogP contribution in [0.3, 0.4) is 0 Å². The van der Waals surface area contributed by atoms with Crippen molar-refractivity contribution in [3.8, 4) is 11.5 Å². The van der Waals surface area contributed by atoms with Crippen LogP contribution in [0.1, 0.15) is 21.5 Å². The van der Waals surface area contributed by atoms with E-state index in [0.29, 0.717) is 12.2 Å². The number of hydrogen-bond acceptors (Lipinski definition) is 6. The number of carbonyl (C=O) groups is 3. The summed E-state index contributed by atoms with van der Waals surface area (Å²) in [6, 6.07) is 9.77. The molecule has 0 radical (unpaired) electrons. The molecule has 3 amide bonds. The highest BCUT2D eigenvalue weighted by molar-refractivity contribution is 8.15. The number of carbonyl (C=O) groups excluding carboxylic acids is 3. The molecule has 0 aromatic heterocycles. The van der Waals surface area contributed by atoms with E-state index < -0.39 is 22.9 Å². The van der Waals surface area contributed by atoms with E-state index in [1.165, 1.54) is 4.90 Å². The third-order valence-corrected chi connectivity index (χ3v) is 5.92. The minimum Gasteiger partial charge on any atom is -0.492 e. The van der Waals surface area contributed by atoms with Crippen LogP contribution in [0, 0.1) is 0 Å². The molecule has 32 heavy (non-hydrogen) atoms. The Morgan fingerprint density at radius 2 is 1.88 bits per heavy atom. The van der Waals surface area contributed by atoms with E-state index in [4.69, 9.17) is 9.47 Å². The first-order chi connectivity index (χ1) is 15.2. The molecule has 4 rings (SSSR count). The second-order valence-electron chi connectivity index (χ2n) is 7.13. The van der Waals surface area contributed by atoms with Gasteiger partial charge in [0.05, 0.1) is 22.9 Å². The standard InChI is InChI=1S/C21H17F3N2O5S/c22-21(23,24)13-3-6-16-15(10-13)19(28)26(11-31-16)7-8-30-14-4-1-12(2-5-14)9-17-18(27)25-20(29)32-17/h1-6,10,17H,7-9,11H2,(H,25,27,29). The minimum absolute atomic E-state index is 0.0840. The van der Waals surface area contributed by atoms with Gasteiger partial charge >= 0.3 is 6.18 Å². The van der Waals surface area contributed by atoms with Crippen LogP contribution in [0.25, 0.3) is 0 Å². The van der Waals surface area contributed by atoms with Crippen molar-refractivity contribution in [3.05, 3.63) is 59.2 Å². The number of thioether (sulfide) groups is 1. The molecule has 0 saturated carbocycles. The molecule has 2 aromatic carbocycles. The van der Waals surface area contributed by atoms with Crippen molar-refractivity contribution in [2.75, 3.05) is 19.9 Å². The van der Waals surface area contributed by atoms with Crippen molar-refractivity contribution in [2.24, 2.45) is 0 Å². The van der Waals surface area contributed by atoms with E-state index in [1.807, 2.05) is 0 Å². The van der Waals surface area contributed by atoms with Gasteiger partial charge in [0.25, 0.3) is 11.1 Å². The summed E-state index contributed by atoms with van der Waals surface area (Å²) in [5, 5.41) is 1.43. The molecule has 2 aliphatic heterocycles. The van der Waals surface area contributed by atoms with Crippen LogP contribution < -0.4 is 14.8 Å². The maximum absolute atomic E-state index is 12.9. The van der Waals surface area contributed by atoms with Gasteiger partial charge in [0.1, 0.15) is 18.1 Å². The molecule has 2 aromatic rings. The van der Waals surface area contributed by atoms with Gasteiger partial charge in [-0.2, -0.15) is 13.2 Å². The van der Waals surface area contributed by atoms with Gasteiger partial charge in [0.15, 0.2) is 6.73 Å². The van der Waals surface area contributed by atoms with Crippen molar-refractivity contribution >= 4 is 28.8 Å². The average molecular weight is 466 g/mol. The summed E-state index contributed by atoms with van der Waals surface area (Å²) in [6.07, 6.45) is -4.15. The molecule has 1 saturated heterocycles. The van der Waals surface area contributed by atoms with Gasteiger partial charge in [0, 0.05) is 0 Å². The highest BCUT2D eigenvalue weighted by Crippen LogP contribution is 2.34. The first kappa shape index (κ1) is 22.0. The fourth-order valence-electron chi connectivity index (χ4n) is 3.28. The van der Waals surface area contributed by atoms with Crippen LogP contribution in [0.4, 0.5) is 18.0 Å². The fourth-order valence-corrected chi connectivity index (χ4v) is 4.14. The molecule has 1 N–H and O–H groups in total. The van der Waals surface area contributed by atoms with Crippen LogP contribution >= 0.6 is 11.8 Å². The molecule has 1 fully saturated rings. The van der Waals surface area contributed by atoms with Crippen molar-refractivity contribution in [1.82, 2.24) is 10.2 Å². The summed E-state index contributed by atoms with van der Waals surface area (Å²) in [5.41, 5.74) is -0.191. The summed E-state index contributed by atoms with van der Waals surface area (Å²) in [4.78, 5) is 36.7. The summed E-state index contributed by atoms with van der Waals surface area (Å²) in [5.74, 6) is -0.221. The smallest absolute Gasteiger partial charge is 0.416 e. The Bertz CT molecular complexity index is 1060. The quantitative estimate of drug-likeness (QED) is 0.702. The van der Waals surface area contributed by atoms with Crippen LogP contribution in [0.5, 0.6) is 11.5 Å². The van der Waals surface area contributed by atoms with Crippen molar-refractivity contribution in [2.45, 2.75) is 17.8 Å². The van der Waals surface area contributed by atoms with E-state index in [2.05, 4.69) is 5.32 Å². The van der Waals surface area contributed by atoms with Crippen molar-refractivity contribution in [3.63, 3.8) is 0 Å². The Morgan fingerprint density at radius 1 is 1.12 bits per heavy atom. The number of alkyl halides is 3. The molecule has 0 bridgehead atoms. The number of halogens is 3. The Balaban J connectivity index is 1.31. The number of benzene rings is 2. The van der Waals surface area contributed by atoms with Crippen LogP contribution in [0.15, 0.2) is 42.5 Å². The predicted octanol–water partition coefficient (Wildman–Crippen LogP) is 3.47. The number of ether oxygens (including phenoxy) is 2. The highest BCUT2D eigenvalue weighted by atomic mass is 32.2. The molecule has 2 aliphatic rings. The van der Waals surface area contributed by atoms with Crippen LogP contribution in [-0.2, 0) is 17.4 Å². The molecule has 7 nitrogen and oxygen atoms in total. The lowest BCUT2D eigenvalue weighted by molar-refractivity contribution is -0.137. The molecule has 168 valence electrons. The van der Waals surface area contributed by atoms with Crippen LogP contribution in [0.2, 0.25) is 0 Å². The third kappa shape index (κ3) is 4.82. The summed E-state index contributed by atoms with van der Waals surface area (Å²) < 4.78 is 49.8. The Kier molecular flexibility index (Phi) is 6.00. The zero-order valence-corrected chi connectivity index (χ0v) is 17.3. The molecule has 11 heteroatoms. The number of rotatable bonds is 6. The maximum atomic E-state index is 12.9. The van der Waals surface area contributed by atoms with Gasteiger partial charge in [-0.25, -0.2) is 0 Å². The second kappa shape index (κ2) is 8.73. The molecule has 2 heterocycles. The number of nitrogens with zero attached hydrogens (tertiary/aromatic N) is 1. The van der Waals surface area contributed by atoms with Gasteiger partial charge < -0.3 is 14.4 Å². The Hall–Kier alpha value is -3.21. The van der Waals surface area contributed by atoms with E-state index >= 15 is 0 Å². The Labute approximate surface area is 184 Å². The summed E-state index contributed by atoms with van der Waals surface area (Å²) in [6.45, 7) is 0.148. The lowest BCUT2D eigenvalue weighted by Gasteiger charge is -2.29. The number of hydrogen-bond donors (Lipinski definition) is 1. The predicted molar refractivity (Wildman–Crippen MR) is 109 cm³/mol. The normalized spacial score (nSPS) is 18.3. The number of amides is 3. The first-order valence-electron chi connectivity index (χ1n) is 9.57. The monoisotopic (exact) mass is 466 g/mol. The topological polar surface area (TPSA) is 84.9 Å². The van der Waals surface area contributed by atoms with E-state index in [9.17, 15) is 27.6 Å². The van der Waals surface area contributed by atoms with Gasteiger partial charge in [-0.3, -0.25) is 19.7 Å². The molecule has 1 atom stereocenters. The molecular formula is C21H17F3N2O5S. The van der Waals surface area contributed by atoms with E-state index in [-0.39, 0.29) is 42.3 Å². The van der Waals surface area contributed by atoms with Crippen molar-refractivity contribution in [1.29, 1.82) is 0 Å². The number of fused-ring (bicyclic) bond motifs is 1. The Morgan fingerprint density at radius 3 is 2.53 bits per heavy atom. The number of nitrogens with one attached hydrogen (secondary N) is 1. The molecule has 1 unspecified atom stereocenters. The summed E-state index contributed by atoms with van der Waals surface area (Å²) >= 11 is 0.957. The largest absolute Gasteiger partial charge is 0.492 e. The van der Waals surface area contributed by atoms with Crippen molar-refractivity contribution < 1.29 is 37.0 Å². The van der Waals surface area contributed by atoms with Gasteiger partial charge in [-0.1, -0.05) is 23.9 Å².